The molecule has 0 saturated carbocycles. The molecule has 0 unspecified atom stereocenters. The molecule has 2 rings (SSSR count). The smallest absolute Gasteiger partial charge is 0.339 e. The van der Waals surface area contributed by atoms with Gasteiger partial charge in [0.15, 0.2) is 6.10 Å². The number of benzene rings is 1. The summed E-state index contributed by atoms with van der Waals surface area (Å²) in [5, 5.41) is 38.3. The van der Waals surface area contributed by atoms with Gasteiger partial charge in [-0.3, -0.25) is 4.79 Å². The molecule has 0 radical (unpaired) electrons. The summed E-state index contributed by atoms with van der Waals surface area (Å²) in [6, 6.07) is 4.42. The first-order valence-corrected chi connectivity index (χ1v) is 8.00. The molecular weight excluding hydrogens is 368 g/mol. The fourth-order valence-corrected chi connectivity index (χ4v) is 2.39. The summed E-state index contributed by atoms with van der Waals surface area (Å²) in [7, 11) is 0. The lowest BCUT2D eigenvalue weighted by Gasteiger charge is -2.37. The first kappa shape index (κ1) is 19.9. The number of amides is 3. The van der Waals surface area contributed by atoms with Crippen molar-refractivity contribution >= 4 is 35.1 Å². The van der Waals surface area contributed by atoms with Crippen LogP contribution in [0.25, 0.3) is 0 Å². The van der Waals surface area contributed by atoms with Gasteiger partial charge in [-0.2, -0.15) is 0 Å². The van der Waals surface area contributed by atoms with Crippen LogP contribution in [0.15, 0.2) is 29.4 Å². The summed E-state index contributed by atoms with van der Waals surface area (Å²) in [4.78, 5) is 23.2. The summed E-state index contributed by atoms with van der Waals surface area (Å²) in [6.45, 7) is 0.608. The highest BCUT2D eigenvalue weighted by Gasteiger charge is 2.43. The number of rotatable bonds is 4. The molecule has 1 aliphatic heterocycles. The molecule has 0 aliphatic carbocycles. The lowest BCUT2D eigenvalue weighted by atomic mass is 9.97. The fraction of sp³-hybridized carbons (Fsp3) is 0.400. The Morgan fingerprint density at radius 2 is 1.88 bits per heavy atom. The van der Waals surface area contributed by atoms with E-state index < -0.39 is 42.9 Å². The van der Waals surface area contributed by atoms with Gasteiger partial charge in [0.1, 0.15) is 18.2 Å². The average molecular weight is 387 g/mol. The minimum absolute atomic E-state index is 0.261. The molecule has 0 spiro atoms. The van der Waals surface area contributed by atoms with E-state index >= 15 is 0 Å². The van der Waals surface area contributed by atoms with Crippen molar-refractivity contribution in [3.8, 4) is 0 Å². The van der Waals surface area contributed by atoms with Gasteiger partial charge in [-0.25, -0.2) is 10.2 Å². The molecule has 1 aliphatic rings. The third kappa shape index (κ3) is 5.05. The first-order valence-electron chi connectivity index (χ1n) is 7.62. The molecular formula is C15H19ClN4O6. The number of ether oxygens (including phenoxy) is 1. The number of anilines is 1. The Hall–Kier alpha value is -2.40. The summed E-state index contributed by atoms with van der Waals surface area (Å²) >= 11 is 5.76. The molecule has 1 fully saturated rings. The predicted octanol–water partition coefficient (Wildman–Crippen LogP) is -0.607. The fourth-order valence-electron chi connectivity index (χ4n) is 2.27. The lowest BCUT2D eigenvalue weighted by molar-refractivity contribution is -0.125. The topological polar surface area (TPSA) is 153 Å². The van der Waals surface area contributed by atoms with Gasteiger partial charge in [0.25, 0.3) is 0 Å². The SMILES string of the molecule is CC(=O)N[C@H]1/C(=N/NC(=O)Nc2ccc(Cl)cc2)O[C@H](CO)[C@@H](O)[C@@H]1O. The van der Waals surface area contributed by atoms with Crippen LogP contribution in [0.5, 0.6) is 0 Å². The molecule has 0 aromatic heterocycles. The van der Waals surface area contributed by atoms with Crippen molar-refractivity contribution in [3.63, 3.8) is 0 Å². The van der Waals surface area contributed by atoms with Crippen molar-refractivity contribution in [2.24, 2.45) is 5.10 Å². The van der Waals surface area contributed by atoms with E-state index in [4.69, 9.17) is 16.3 Å². The number of carbonyl (C=O) groups excluding carboxylic acids is 2. The molecule has 10 nitrogen and oxygen atoms in total. The van der Waals surface area contributed by atoms with Gasteiger partial charge in [0.2, 0.25) is 11.8 Å². The molecule has 1 aromatic rings. The summed E-state index contributed by atoms with van der Waals surface area (Å²) in [6.07, 6.45) is -4.08. The van der Waals surface area contributed by atoms with Crippen LogP contribution in [0.3, 0.4) is 0 Å². The van der Waals surface area contributed by atoms with Crippen molar-refractivity contribution < 1.29 is 29.6 Å². The Morgan fingerprint density at radius 1 is 1.23 bits per heavy atom. The van der Waals surface area contributed by atoms with Gasteiger partial charge in [-0.15, -0.1) is 5.10 Å². The Morgan fingerprint density at radius 3 is 2.46 bits per heavy atom. The van der Waals surface area contributed by atoms with E-state index in [0.29, 0.717) is 10.7 Å². The molecule has 11 heteroatoms. The molecule has 142 valence electrons. The highest BCUT2D eigenvalue weighted by atomic mass is 35.5. The molecule has 4 atom stereocenters. The van der Waals surface area contributed by atoms with Gasteiger partial charge in [-0.1, -0.05) is 11.6 Å². The zero-order valence-corrected chi connectivity index (χ0v) is 14.5. The van der Waals surface area contributed by atoms with Gasteiger partial charge >= 0.3 is 6.03 Å². The van der Waals surface area contributed by atoms with E-state index in [0.717, 1.165) is 0 Å². The number of carbonyl (C=O) groups is 2. The maximum absolute atomic E-state index is 11.9. The molecule has 6 N–H and O–H groups in total. The normalized spacial score (nSPS) is 26.7. The molecule has 1 saturated heterocycles. The van der Waals surface area contributed by atoms with Crippen LogP contribution in [0.2, 0.25) is 5.02 Å². The van der Waals surface area contributed by atoms with E-state index in [1.165, 1.54) is 6.92 Å². The Labute approximate surface area is 153 Å². The second-order valence-electron chi connectivity index (χ2n) is 5.52. The Kier molecular flexibility index (Phi) is 6.75. The number of hydrogen-bond donors (Lipinski definition) is 6. The molecule has 1 aromatic carbocycles. The number of aliphatic hydroxyl groups is 3. The number of halogens is 1. The third-order valence-electron chi connectivity index (χ3n) is 3.52. The third-order valence-corrected chi connectivity index (χ3v) is 3.77. The van der Waals surface area contributed by atoms with Crippen molar-refractivity contribution in [2.75, 3.05) is 11.9 Å². The standard InChI is InChI=1S/C15H19ClN4O6/c1-7(22)17-11-13(24)12(23)10(6-21)26-14(11)19-20-15(25)18-9-4-2-8(16)3-5-9/h2-5,10-13,21,23-24H,6H2,1H3,(H,17,22)(H2,18,20,25)/b19-14-/t10-,11-,12-,13-/m1/s1. The quantitative estimate of drug-likeness (QED) is 0.380. The van der Waals surface area contributed by atoms with E-state index in [1.807, 2.05) is 0 Å². The Bertz CT molecular complexity index is 683. The zero-order chi connectivity index (χ0) is 19.3. The van der Waals surface area contributed by atoms with Crippen LogP contribution in [0.4, 0.5) is 10.5 Å². The number of nitrogens with zero attached hydrogens (tertiary/aromatic N) is 1. The maximum atomic E-state index is 11.9. The number of aliphatic hydroxyl groups excluding tert-OH is 3. The van der Waals surface area contributed by atoms with Crippen LogP contribution >= 0.6 is 11.6 Å². The summed E-state index contributed by atoms with van der Waals surface area (Å²) in [5.41, 5.74) is 2.61. The number of hydrazone groups is 1. The predicted molar refractivity (Wildman–Crippen MR) is 92.6 cm³/mol. The van der Waals surface area contributed by atoms with Crippen LogP contribution in [0, 0.1) is 0 Å². The number of hydrogen-bond acceptors (Lipinski definition) is 7. The van der Waals surface area contributed by atoms with Crippen molar-refractivity contribution in [2.45, 2.75) is 31.3 Å². The van der Waals surface area contributed by atoms with Crippen molar-refractivity contribution in [1.82, 2.24) is 10.7 Å². The molecule has 3 amide bonds. The molecule has 1 heterocycles. The Balaban J connectivity index is 2.09. The van der Waals surface area contributed by atoms with Crippen LogP contribution in [-0.4, -0.2) is 64.1 Å². The van der Waals surface area contributed by atoms with Crippen LogP contribution in [-0.2, 0) is 9.53 Å². The van der Waals surface area contributed by atoms with E-state index in [-0.39, 0.29) is 5.90 Å². The maximum Gasteiger partial charge on any atom is 0.339 e. The molecule has 0 bridgehead atoms. The first-order chi connectivity index (χ1) is 12.3. The van der Waals surface area contributed by atoms with E-state index in [9.17, 15) is 24.9 Å². The van der Waals surface area contributed by atoms with E-state index in [1.54, 1.807) is 24.3 Å². The van der Waals surface area contributed by atoms with E-state index in [2.05, 4.69) is 21.2 Å². The lowest BCUT2D eigenvalue weighted by Crippen LogP contribution is -2.62. The monoisotopic (exact) mass is 386 g/mol. The van der Waals surface area contributed by atoms with Gasteiger partial charge in [-0.05, 0) is 24.3 Å². The largest absolute Gasteiger partial charge is 0.470 e. The highest BCUT2D eigenvalue weighted by Crippen LogP contribution is 2.18. The zero-order valence-electron chi connectivity index (χ0n) is 13.7. The second kappa shape index (κ2) is 8.81. The average Bonchev–Trinajstić information content (AvgIpc) is 2.60. The van der Waals surface area contributed by atoms with Crippen LogP contribution in [0.1, 0.15) is 6.92 Å². The van der Waals surface area contributed by atoms with Gasteiger partial charge < -0.3 is 30.7 Å². The highest BCUT2D eigenvalue weighted by molar-refractivity contribution is 6.30. The number of urea groups is 1. The van der Waals surface area contributed by atoms with Gasteiger partial charge in [0.05, 0.1) is 6.61 Å². The summed E-state index contributed by atoms with van der Waals surface area (Å²) in [5.74, 6) is -0.770. The van der Waals surface area contributed by atoms with Crippen LogP contribution < -0.4 is 16.1 Å². The number of nitrogens with one attached hydrogen (secondary N) is 3. The van der Waals surface area contributed by atoms with Gasteiger partial charge in [0, 0.05) is 17.6 Å². The minimum atomic E-state index is -1.48. The van der Waals surface area contributed by atoms with Crippen molar-refractivity contribution in [3.05, 3.63) is 29.3 Å². The van der Waals surface area contributed by atoms with Crippen molar-refractivity contribution in [1.29, 1.82) is 0 Å². The minimum Gasteiger partial charge on any atom is -0.470 e. The second-order valence-corrected chi connectivity index (χ2v) is 5.96. The summed E-state index contributed by atoms with van der Waals surface area (Å²) < 4.78 is 5.26. The molecule has 26 heavy (non-hydrogen) atoms.